The van der Waals surface area contributed by atoms with Crippen molar-refractivity contribution in [3.8, 4) is 0 Å². The largest absolute Gasteiger partial charge is 0.444 e. The number of hydrogen-bond acceptors (Lipinski definition) is 5. The van der Waals surface area contributed by atoms with Crippen molar-refractivity contribution in [2.75, 3.05) is 50.8 Å². The number of nitrogens with zero attached hydrogens (tertiary/aromatic N) is 2. The Balaban J connectivity index is 1.78. The molecule has 0 atom stereocenters. The van der Waals surface area contributed by atoms with Crippen molar-refractivity contribution in [2.24, 2.45) is 4.99 Å². The van der Waals surface area contributed by atoms with Crippen LogP contribution in [0.5, 0.6) is 0 Å². The monoisotopic (exact) mass is 405 g/mol. The third-order valence-corrected chi connectivity index (χ3v) is 4.16. The quantitative estimate of drug-likeness (QED) is 0.366. The molecule has 29 heavy (non-hydrogen) atoms. The van der Waals surface area contributed by atoms with Gasteiger partial charge in [-0.15, -0.1) is 0 Å². The first kappa shape index (κ1) is 22.8. The lowest BCUT2D eigenvalue weighted by atomic mass is 10.2. The highest BCUT2D eigenvalue weighted by Gasteiger charge is 2.15. The molecule has 1 aromatic rings. The molecular formula is C21H35N5O3. The first-order valence-electron chi connectivity index (χ1n) is 10.3. The maximum absolute atomic E-state index is 11.7. The number of amides is 1. The number of nitrogens with one attached hydrogen (secondary N) is 3. The normalized spacial score (nSPS) is 15.0. The zero-order valence-corrected chi connectivity index (χ0v) is 18.1. The van der Waals surface area contributed by atoms with Crippen molar-refractivity contribution in [1.29, 1.82) is 0 Å². The Morgan fingerprint density at radius 1 is 1.10 bits per heavy atom. The van der Waals surface area contributed by atoms with Crippen LogP contribution in [-0.2, 0) is 16.0 Å². The molecule has 1 heterocycles. The van der Waals surface area contributed by atoms with Crippen molar-refractivity contribution < 1.29 is 14.3 Å². The second kappa shape index (κ2) is 11.5. The van der Waals surface area contributed by atoms with Crippen LogP contribution in [0.2, 0.25) is 0 Å². The van der Waals surface area contributed by atoms with Gasteiger partial charge in [-0.3, -0.25) is 0 Å². The second-order valence-electron chi connectivity index (χ2n) is 7.82. The standard InChI is InChI=1S/C21H35N5O3/c1-5-22-19(23-10-11-24-20(27)29-21(2,3)4)25-16-17-6-8-18(9-7-17)26-12-14-28-15-13-26/h6-9H,5,10-16H2,1-4H3,(H,24,27)(H2,22,23,25). The van der Waals surface area contributed by atoms with Gasteiger partial charge in [0.15, 0.2) is 5.96 Å². The number of aliphatic imine (C=N–C) groups is 1. The molecule has 0 aliphatic carbocycles. The molecule has 1 saturated heterocycles. The van der Waals surface area contributed by atoms with Crippen molar-refractivity contribution >= 4 is 17.7 Å². The number of guanidine groups is 1. The molecule has 8 heteroatoms. The summed E-state index contributed by atoms with van der Waals surface area (Å²) in [5, 5.41) is 9.16. The topological polar surface area (TPSA) is 87.2 Å². The van der Waals surface area contributed by atoms with Gasteiger partial charge in [-0.1, -0.05) is 12.1 Å². The lowest BCUT2D eigenvalue weighted by molar-refractivity contribution is 0.0529. The predicted octanol–water partition coefficient (Wildman–Crippen LogP) is 2.10. The maximum atomic E-state index is 11.7. The SMILES string of the molecule is CCNC(=NCc1ccc(N2CCOCC2)cc1)NCCNC(=O)OC(C)(C)C. The van der Waals surface area contributed by atoms with Crippen LogP contribution in [0.1, 0.15) is 33.3 Å². The fraction of sp³-hybridized carbons (Fsp3) is 0.619. The van der Waals surface area contributed by atoms with Crippen molar-refractivity contribution in [3.63, 3.8) is 0 Å². The third-order valence-electron chi connectivity index (χ3n) is 4.16. The van der Waals surface area contributed by atoms with E-state index >= 15 is 0 Å². The van der Waals surface area contributed by atoms with E-state index in [9.17, 15) is 4.79 Å². The Morgan fingerprint density at radius 2 is 1.76 bits per heavy atom. The van der Waals surface area contributed by atoms with Gasteiger partial charge in [0.2, 0.25) is 0 Å². The van der Waals surface area contributed by atoms with Crippen LogP contribution in [0.15, 0.2) is 29.3 Å². The maximum Gasteiger partial charge on any atom is 0.407 e. The van der Waals surface area contributed by atoms with Gasteiger partial charge in [0.05, 0.1) is 19.8 Å². The van der Waals surface area contributed by atoms with Crippen LogP contribution in [0.3, 0.4) is 0 Å². The van der Waals surface area contributed by atoms with Gasteiger partial charge in [-0.05, 0) is 45.4 Å². The zero-order valence-electron chi connectivity index (χ0n) is 18.1. The van der Waals surface area contributed by atoms with Gasteiger partial charge in [0.1, 0.15) is 5.60 Å². The van der Waals surface area contributed by atoms with E-state index < -0.39 is 11.7 Å². The van der Waals surface area contributed by atoms with Gasteiger partial charge < -0.3 is 30.3 Å². The molecule has 0 unspecified atom stereocenters. The zero-order chi connectivity index (χ0) is 21.1. The van der Waals surface area contributed by atoms with Gasteiger partial charge in [-0.25, -0.2) is 9.79 Å². The molecule has 162 valence electrons. The Kier molecular flexibility index (Phi) is 9.05. The summed E-state index contributed by atoms with van der Waals surface area (Å²) in [5.41, 5.74) is 1.87. The summed E-state index contributed by atoms with van der Waals surface area (Å²) in [6.07, 6.45) is -0.415. The van der Waals surface area contributed by atoms with Gasteiger partial charge in [-0.2, -0.15) is 0 Å². The summed E-state index contributed by atoms with van der Waals surface area (Å²) in [7, 11) is 0. The summed E-state index contributed by atoms with van der Waals surface area (Å²) < 4.78 is 10.6. The fourth-order valence-electron chi connectivity index (χ4n) is 2.81. The fourth-order valence-corrected chi connectivity index (χ4v) is 2.81. The number of hydrogen-bond donors (Lipinski definition) is 3. The second-order valence-corrected chi connectivity index (χ2v) is 7.82. The highest BCUT2D eigenvalue weighted by molar-refractivity contribution is 5.79. The molecule has 3 N–H and O–H groups in total. The average molecular weight is 406 g/mol. The van der Waals surface area contributed by atoms with Crippen LogP contribution in [0, 0.1) is 0 Å². The minimum atomic E-state index is -0.495. The molecule has 8 nitrogen and oxygen atoms in total. The minimum absolute atomic E-state index is 0.415. The average Bonchev–Trinajstić information content (AvgIpc) is 2.69. The molecular weight excluding hydrogens is 370 g/mol. The lowest BCUT2D eigenvalue weighted by Gasteiger charge is -2.28. The first-order valence-corrected chi connectivity index (χ1v) is 10.3. The first-order chi connectivity index (χ1) is 13.9. The van der Waals surface area contributed by atoms with Gasteiger partial charge >= 0.3 is 6.09 Å². The summed E-state index contributed by atoms with van der Waals surface area (Å²) >= 11 is 0. The lowest BCUT2D eigenvalue weighted by Crippen LogP contribution is -2.42. The van der Waals surface area contributed by atoms with E-state index in [0.717, 1.165) is 44.4 Å². The van der Waals surface area contributed by atoms with Crippen molar-refractivity contribution in [3.05, 3.63) is 29.8 Å². The molecule has 2 rings (SSSR count). The van der Waals surface area contributed by atoms with Gasteiger partial charge in [0, 0.05) is 38.4 Å². The van der Waals surface area contributed by atoms with Crippen LogP contribution in [0.25, 0.3) is 0 Å². The number of benzene rings is 1. The molecule has 1 aromatic carbocycles. The molecule has 1 fully saturated rings. The highest BCUT2D eigenvalue weighted by Crippen LogP contribution is 2.17. The Bertz CT molecular complexity index is 649. The van der Waals surface area contributed by atoms with E-state index in [-0.39, 0.29) is 0 Å². The predicted molar refractivity (Wildman–Crippen MR) is 117 cm³/mol. The van der Waals surface area contributed by atoms with Gasteiger partial charge in [0.25, 0.3) is 0 Å². The number of morpholine rings is 1. The molecule has 0 radical (unpaired) electrons. The molecule has 1 amide bonds. The number of anilines is 1. The molecule has 0 aromatic heterocycles. The van der Waals surface area contributed by atoms with E-state index in [1.54, 1.807) is 0 Å². The van der Waals surface area contributed by atoms with Crippen LogP contribution in [-0.4, -0.2) is 63.6 Å². The number of rotatable bonds is 7. The molecule has 1 aliphatic heterocycles. The van der Waals surface area contributed by atoms with Crippen molar-refractivity contribution in [1.82, 2.24) is 16.0 Å². The Hall–Kier alpha value is -2.48. The number of carbonyl (C=O) groups excluding carboxylic acids is 1. The summed E-state index contributed by atoms with van der Waals surface area (Å²) in [5.74, 6) is 0.718. The summed E-state index contributed by atoms with van der Waals surface area (Å²) in [6.45, 7) is 13.3. The Morgan fingerprint density at radius 3 is 2.38 bits per heavy atom. The van der Waals surface area contributed by atoms with E-state index in [0.29, 0.717) is 19.6 Å². The smallest absolute Gasteiger partial charge is 0.407 e. The summed E-state index contributed by atoms with van der Waals surface area (Å²) in [4.78, 5) is 18.6. The highest BCUT2D eigenvalue weighted by atomic mass is 16.6. The Labute approximate surface area is 174 Å². The minimum Gasteiger partial charge on any atom is -0.444 e. The van der Waals surface area contributed by atoms with E-state index in [4.69, 9.17) is 9.47 Å². The van der Waals surface area contributed by atoms with Crippen LogP contribution >= 0.6 is 0 Å². The van der Waals surface area contributed by atoms with Crippen LogP contribution < -0.4 is 20.9 Å². The van der Waals surface area contributed by atoms with E-state index in [1.165, 1.54) is 5.69 Å². The molecule has 0 spiro atoms. The number of alkyl carbamates (subject to hydrolysis) is 1. The number of ether oxygens (including phenoxy) is 2. The molecule has 0 bridgehead atoms. The van der Waals surface area contributed by atoms with E-state index in [2.05, 4.69) is 50.1 Å². The molecule has 0 saturated carbocycles. The third kappa shape index (κ3) is 9.04. The van der Waals surface area contributed by atoms with Crippen molar-refractivity contribution in [2.45, 2.75) is 39.8 Å². The summed E-state index contributed by atoms with van der Waals surface area (Å²) in [6, 6.07) is 8.51. The number of carbonyl (C=O) groups is 1. The molecule has 1 aliphatic rings. The van der Waals surface area contributed by atoms with Crippen LogP contribution in [0.4, 0.5) is 10.5 Å². The van der Waals surface area contributed by atoms with E-state index in [1.807, 2.05) is 27.7 Å².